The van der Waals surface area contributed by atoms with Gasteiger partial charge in [-0.05, 0) is 24.7 Å². The largest absolute Gasteiger partial charge is 0.341 e. The van der Waals surface area contributed by atoms with Crippen LogP contribution in [0.15, 0.2) is 5.38 Å². The van der Waals surface area contributed by atoms with Crippen molar-refractivity contribution in [1.82, 2.24) is 9.88 Å². The van der Waals surface area contributed by atoms with Crippen molar-refractivity contribution in [1.29, 1.82) is 0 Å². The molecule has 0 radical (unpaired) electrons. The minimum Gasteiger partial charge on any atom is -0.341 e. The maximum absolute atomic E-state index is 12.6. The molecule has 1 aromatic heterocycles. The topological polar surface area (TPSA) is 59.2 Å². The normalized spacial score (nSPS) is 21.4. The first-order chi connectivity index (χ1) is 9.82. The molecule has 0 bridgehead atoms. The smallest absolute Gasteiger partial charge is 0.240 e. The van der Waals surface area contributed by atoms with Crippen molar-refractivity contribution in [3.05, 3.63) is 16.1 Å². The van der Waals surface area contributed by atoms with E-state index in [2.05, 4.69) is 17.3 Å². The third-order valence-corrected chi connectivity index (χ3v) is 5.27. The maximum Gasteiger partial charge on any atom is 0.240 e. The standard InChI is InChI=1S/C16H27N3OS/c1-5-12-10-21-14(18-12)11-7-6-8-19(9-11)15(20)13(17)16(2,3)4/h10-11,13H,5-9,17H2,1-4H3/t11?,13-/m1/s1. The lowest BCUT2D eigenvalue weighted by Crippen LogP contribution is -2.52. The van der Waals surface area contributed by atoms with Gasteiger partial charge in [-0.1, -0.05) is 27.7 Å². The first-order valence-corrected chi connectivity index (χ1v) is 8.69. The number of nitrogens with two attached hydrogens (primary N) is 1. The van der Waals surface area contributed by atoms with Gasteiger partial charge in [-0.3, -0.25) is 4.79 Å². The fourth-order valence-corrected chi connectivity index (χ4v) is 3.65. The van der Waals surface area contributed by atoms with Crippen molar-refractivity contribution in [3.63, 3.8) is 0 Å². The van der Waals surface area contributed by atoms with Crippen LogP contribution in [0.5, 0.6) is 0 Å². The van der Waals surface area contributed by atoms with Crippen LogP contribution < -0.4 is 5.73 Å². The summed E-state index contributed by atoms with van der Waals surface area (Å²) in [6.07, 6.45) is 3.13. The van der Waals surface area contributed by atoms with Crippen molar-refractivity contribution < 1.29 is 4.79 Å². The van der Waals surface area contributed by atoms with Crippen molar-refractivity contribution in [2.45, 2.75) is 58.9 Å². The van der Waals surface area contributed by atoms with E-state index in [9.17, 15) is 4.79 Å². The molecule has 2 atom stereocenters. The molecule has 0 spiro atoms. The molecule has 1 amide bonds. The molecular formula is C16H27N3OS. The lowest BCUT2D eigenvalue weighted by Gasteiger charge is -2.36. The van der Waals surface area contributed by atoms with Gasteiger partial charge >= 0.3 is 0 Å². The molecule has 118 valence electrons. The predicted molar refractivity (Wildman–Crippen MR) is 87.5 cm³/mol. The number of carbonyl (C=O) groups excluding carboxylic acids is 1. The van der Waals surface area contributed by atoms with E-state index in [0.29, 0.717) is 5.92 Å². The number of nitrogens with zero attached hydrogens (tertiary/aromatic N) is 2. The summed E-state index contributed by atoms with van der Waals surface area (Å²) in [5.41, 5.74) is 7.09. The third-order valence-electron chi connectivity index (χ3n) is 4.21. The number of hydrogen-bond donors (Lipinski definition) is 1. The van der Waals surface area contributed by atoms with Gasteiger partial charge in [0.25, 0.3) is 0 Å². The minimum atomic E-state index is -0.432. The third kappa shape index (κ3) is 3.83. The zero-order chi connectivity index (χ0) is 15.6. The van der Waals surface area contributed by atoms with Gasteiger partial charge in [-0.25, -0.2) is 4.98 Å². The van der Waals surface area contributed by atoms with Crippen LogP contribution in [0.2, 0.25) is 0 Å². The van der Waals surface area contributed by atoms with E-state index in [4.69, 9.17) is 5.73 Å². The highest BCUT2D eigenvalue weighted by Crippen LogP contribution is 2.30. The summed E-state index contributed by atoms with van der Waals surface area (Å²) in [5, 5.41) is 3.31. The van der Waals surface area contributed by atoms with Crippen molar-refractivity contribution in [2.24, 2.45) is 11.1 Å². The van der Waals surface area contributed by atoms with E-state index in [1.165, 1.54) is 5.01 Å². The van der Waals surface area contributed by atoms with Crippen LogP contribution in [-0.2, 0) is 11.2 Å². The number of carbonyl (C=O) groups is 1. The van der Waals surface area contributed by atoms with E-state index < -0.39 is 6.04 Å². The average molecular weight is 309 g/mol. The van der Waals surface area contributed by atoms with E-state index in [1.807, 2.05) is 25.7 Å². The van der Waals surface area contributed by atoms with Gasteiger partial charge in [0.2, 0.25) is 5.91 Å². The lowest BCUT2D eigenvalue weighted by molar-refractivity contribution is -0.136. The van der Waals surface area contributed by atoms with E-state index in [0.717, 1.165) is 38.0 Å². The van der Waals surface area contributed by atoms with E-state index in [-0.39, 0.29) is 11.3 Å². The van der Waals surface area contributed by atoms with Crippen molar-refractivity contribution in [3.8, 4) is 0 Å². The molecule has 0 saturated carbocycles. The fraction of sp³-hybridized carbons (Fsp3) is 0.750. The van der Waals surface area contributed by atoms with Crippen LogP contribution in [0.3, 0.4) is 0 Å². The highest BCUT2D eigenvalue weighted by molar-refractivity contribution is 7.09. The summed E-state index contributed by atoms with van der Waals surface area (Å²) < 4.78 is 0. The molecule has 2 heterocycles. The minimum absolute atomic E-state index is 0.0828. The van der Waals surface area contributed by atoms with Crippen LogP contribution in [0.4, 0.5) is 0 Å². The number of hydrogen-bond acceptors (Lipinski definition) is 4. The highest BCUT2D eigenvalue weighted by Gasteiger charge is 2.34. The van der Waals surface area contributed by atoms with Gasteiger partial charge < -0.3 is 10.6 Å². The summed E-state index contributed by atoms with van der Waals surface area (Å²) in [5.74, 6) is 0.458. The summed E-state index contributed by atoms with van der Waals surface area (Å²) in [6.45, 7) is 9.77. The second-order valence-electron chi connectivity index (χ2n) is 7.00. The van der Waals surface area contributed by atoms with Crippen LogP contribution in [0.25, 0.3) is 0 Å². The second kappa shape index (κ2) is 6.44. The molecule has 0 aromatic carbocycles. The van der Waals surface area contributed by atoms with Gasteiger partial charge in [0.1, 0.15) is 0 Å². The molecule has 4 nitrogen and oxygen atoms in total. The quantitative estimate of drug-likeness (QED) is 0.934. The Labute approximate surface area is 131 Å². The molecule has 2 rings (SSSR count). The number of aryl methyl sites for hydroxylation is 1. The Balaban J connectivity index is 2.05. The van der Waals surface area contributed by atoms with Crippen molar-refractivity contribution >= 4 is 17.2 Å². The molecule has 1 unspecified atom stereocenters. The summed E-state index contributed by atoms with van der Waals surface area (Å²) in [7, 11) is 0. The van der Waals surface area contributed by atoms with Gasteiger partial charge in [0.15, 0.2) is 0 Å². The molecule has 5 heteroatoms. The Morgan fingerprint density at radius 1 is 1.57 bits per heavy atom. The highest BCUT2D eigenvalue weighted by atomic mass is 32.1. The average Bonchev–Trinajstić information content (AvgIpc) is 2.94. The Hall–Kier alpha value is -0.940. The summed E-state index contributed by atoms with van der Waals surface area (Å²) in [4.78, 5) is 19.2. The Bertz CT molecular complexity index is 492. The van der Waals surface area contributed by atoms with Gasteiger partial charge in [0, 0.05) is 24.4 Å². The fourth-order valence-electron chi connectivity index (χ4n) is 2.62. The Kier molecular flexibility index (Phi) is 5.04. The molecular weight excluding hydrogens is 282 g/mol. The van der Waals surface area contributed by atoms with Gasteiger partial charge in [-0.15, -0.1) is 11.3 Å². The summed E-state index contributed by atoms with van der Waals surface area (Å²) >= 11 is 1.73. The van der Waals surface area contributed by atoms with Crippen molar-refractivity contribution in [2.75, 3.05) is 13.1 Å². The van der Waals surface area contributed by atoms with Crippen LogP contribution in [0, 0.1) is 5.41 Å². The number of likely N-dealkylation sites (tertiary alicyclic amines) is 1. The van der Waals surface area contributed by atoms with Crippen LogP contribution >= 0.6 is 11.3 Å². The zero-order valence-electron chi connectivity index (χ0n) is 13.6. The monoisotopic (exact) mass is 309 g/mol. The molecule has 1 saturated heterocycles. The molecule has 0 aliphatic carbocycles. The molecule has 2 N–H and O–H groups in total. The van der Waals surface area contributed by atoms with E-state index in [1.54, 1.807) is 11.3 Å². The number of rotatable bonds is 3. The number of amides is 1. The zero-order valence-corrected chi connectivity index (χ0v) is 14.4. The van der Waals surface area contributed by atoms with Gasteiger partial charge in [0.05, 0.1) is 16.7 Å². The number of aromatic nitrogens is 1. The SMILES string of the molecule is CCc1csc(C2CCCN(C(=O)[C@@H](N)C(C)(C)C)C2)n1. The first kappa shape index (κ1) is 16.4. The molecule has 1 aromatic rings. The van der Waals surface area contributed by atoms with E-state index >= 15 is 0 Å². The van der Waals surface area contributed by atoms with Crippen LogP contribution in [0.1, 0.15) is 57.2 Å². The maximum atomic E-state index is 12.6. The Morgan fingerprint density at radius 3 is 2.86 bits per heavy atom. The molecule has 21 heavy (non-hydrogen) atoms. The lowest BCUT2D eigenvalue weighted by atomic mass is 9.86. The second-order valence-corrected chi connectivity index (χ2v) is 7.89. The molecule has 1 aliphatic heterocycles. The predicted octanol–water partition coefficient (Wildman–Crippen LogP) is 2.78. The van der Waals surface area contributed by atoms with Crippen LogP contribution in [-0.4, -0.2) is 34.9 Å². The number of thiazole rings is 1. The van der Waals surface area contributed by atoms with Gasteiger partial charge in [-0.2, -0.15) is 0 Å². The Morgan fingerprint density at radius 2 is 2.29 bits per heavy atom. The molecule has 1 fully saturated rings. The first-order valence-electron chi connectivity index (χ1n) is 7.81. The number of piperidine rings is 1. The molecule has 1 aliphatic rings. The summed E-state index contributed by atoms with van der Waals surface area (Å²) in [6, 6.07) is -0.432.